The van der Waals surface area contributed by atoms with Crippen LogP contribution in [0.1, 0.15) is 17.4 Å². The van der Waals surface area contributed by atoms with E-state index in [1.165, 1.54) is 0 Å². The predicted molar refractivity (Wildman–Crippen MR) is 66.4 cm³/mol. The lowest BCUT2D eigenvalue weighted by atomic mass is 10.2. The third-order valence-corrected chi connectivity index (χ3v) is 2.87. The maximum atomic E-state index is 5.63. The van der Waals surface area contributed by atoms with Gasteiger partial charge in [0.15, 0.2) is 0 Å². The van der Waals surface area contributed by atoms with Crippen molar-refractivity contribution in [3.63, 3.8) is 0 Å². The Bertz CT molecular complexity index is 365. The molecule has 0 aliphatic rings. The largest absolute Gasteiger partial charge is 0.382 e. The van der Waals surface area contributed by atoms with Crippen molar-refractivity contribution < 1.29 is 9.47 Å². The first-order valence-electron chi connectivity index (χ1n) is 5.13. The fourth-order valence-electron chi connectivity index (χ4n) is 1.21. The third kappa shape index (κ3) is 4.33. The number of thiophene rings is 1. The summed E-state index contributed by atoms with van der Waals surface area (Å²) in [5.74, 6) is 5.88. The Morgan fingerprint density at radius 3 is 3.06 bits per heavy atom. The number of rotatable bonds is 5. The van der Waals surface area contributed by atoms with Gasteiger partial charge in [0.2, 0.25) is 0 Å². The first-order valence-corrected chi connectivity index (χ1v) is 6.01. The molecule has 1 atom stereocenters. The van der Waals surface area contributed by atoms with Gasteiger partial charge in [0.25, 0.3) is 0 Å². The van der Waals surface area contributed by atoms with E-state index < -0.39 is 0 Å². The Morgan fingerprint density at radius 2 is 2.38 bits per heavy atom. The zero-order valence-electron chi connectivity index (χ0n) is 9.66. The molecule has 0 amide bonds. The molecule has 0 spiro atoms. The van der Waals surface area contributed by atoms with Gasteiger partial charge in [-0.3, -0.25) is 0 Å². The van der Waals surface area contributed by atoms with Crippen LogP contribution in [-0.4, -0.2) is 26.4 Å². The summed E-state index contributed by atoms with van der Waals surface area (Å²) in [4.78, 5) is 1.14. The normalized spacial score (nSPS) is 11.9. The summed E-state index contributed by atoms with van der Waals surface area (Å²) in [6, 6.07) is 1.99. The van der Waals surface area contributed by atoms with Crippen molar-refractivity contribution in [1.29, 1.82) is 0 Å². The van der Waals surface area contributed by atoms with Gasteiger partial charge >= 0.3 is 0 Å². The minimum Gasteiger partial charge on any atom is -0.382 e. The number of nitrogens with two attached hydrogens (primary N) is 1. The summed E-state index contributed by atoms with van der Waals surface area (Å²) < 4.78 is 10.6. The zero-order valence-corrected chi connectivity index (χ0v) is 10.5. The van der Waals surface area contributed by atoms with Crippen LogP contribution in [0, 0.1) is 11.8 Å². The minimum atomic E-state index is 0.0995. The van der Waals surface area contributed by atoms with Gasteiger partial charge in [-0.05, 0) is 18.4 Å². The van der Waals surface area contributed by atoms with Gasteiger partial charge in [-0.15, -0.1) is 11.3 Å². The van der Waals surface area contributed by atoms with Crippen molar-refractivity contribution in [2.24, 2.45) is 5.73 Å². The highest BCUT2D eigenvalue weighted by molar-refractivity contribution is 7.10. The van der Waals surface area contributed by atoms with Gasteiger partial charge in [0.05, 0.1) is 25.9 Å². The molecule has 0 aromatic carbocycles. The third-order valence-electron chi connectivity index (χ3n) is 1.97. The summed E-state index contributed by atoms with van der Waals surface area (Å²) >= 11 is 1.65. The molecular weight excluding hydrogens is 222 g/mol. The van der Waals surface area contributed by atoms with Gasteiger partial charge in [0.1, 0.15) is 0 Å². The number of methoxy groups -OCH3 is 1. The number of ether oxygens (including phenoxy) is 2. The van der Waals surface area contributed by atoms with Gasteiger partial charge < -0.3 is 15.2 Å². The highest BCUT2D eigenvalue weighted by Gasteiger charge is 2.05. The van der Waals surface area contributed by atoms with E-state index in [1.807, 2.05) is 18.4 Å². The molecule has 0 aliphatic carbocycles. The van der Waals surface area contributed by atoms with E-state index in [0.717, 1.165) is 10.4 Å². The molecule has 0 fully saturated rings. The average molecular weight is 239 g/mol. The van der Waals surface area contributed by atoms with Crippen LogP contribution in [-0.2, 0) is 16.1 Å². The molecular formula is C12H17NO2S. The monoisotopic (exact) mass is 239 g/mol. The topological polar surface area (TPSA) is 44.5 Å². The Kier molecular flexibility index (Phi) is 6.12. The summed E-state index contributed by atoms with van der Waals surface area (Å²) in [5.41, 5.74) is 6.35. The van der Waals surface area contributed by atoms with E-state index in [4.69, 9.17) is 15.2 Å². The molecule has 1 aromatic rings. The molecule has 4 heteroatoms. The van der Waals surface area contributed by atoms with E-state index in [-0.39, 0.29) is 6.10 Å². The Labute approximate surface area is 101 Å². The molecule has 0 bridgehead atoms. The molecule has 0 radical (unpaired) electrons. The quantitative estimate of drug-likeness (QED) is 0.794. The smallest absolute Gasteiger partial charge is 0.0826 e. The van der Waals surface area contributed by atoms with E-state index >= 15 is 0 Å². The van der Waals surface area contributed by atoms with Crippen molar-refractivity contribution in [1.82, 2.24) is 0 Å². The maximum Gasteiger partial charge on any atom is 0.0826 e. The fraction of sp³-hybridized carbons (Fsp3) is 0.500. The van der Waals surface area contributed by atoms with E-state index in [9.17, 15) is 0 Å². The average Bonchev–Trinajstić information content (AvgIpc) is 2.71. The van der Waals surface area contributed by atoms with Gasteiger partial charge in [-0.2, -0.15) is 0 Å². The second-order valence-electron chi connectivity index (χ2n) is 3.34. The molecule has 0 aliphatic heterocycles. The molecule has 1 heterocycles. The summed E-state index contributed by atoms with van der Waals surface area (Å²) in [7, 11) is 1.67. The van der Waals surface area contributed by atoms with Crippen molar-refractivity contribution >= 4 is 11.3 Å². The molecule has 1 aromatic heterocycles. The van der Waals surface area contributed by atoms with Crippen molar-refractivity contribution in [2.45, 2.75) is 19.6 Å². The second kappa shape index (κ2) is 7.42. The lowest BCUT2D eigenvalue weighted by Crippen LogP contribution is -2.14. The van der Waals surface area contributed by atoms with Crippen LogP contribution in [0.25, 0.3) is 0 Å². The summed E-state index contributed by atoms with van der Waals surface area (Å²) in [5, 5.41) is 2.01. The van der Waals surface area contributed by atoms with Gasteiger partial charge in [0, 0.05) is 17.6 Å². The molecule has 0 saturated carbocycles. The van der Waals surface area contributed by atoms with Crippen LogP contribution in [0.15, 0.2) is 11.4 Å². The van der Waals surface area contributed by atoms with E-state index in [1.54, 1.807) is 18.4 Å². The van der Waals surface area contributed by atoms with E-state index in [0.29, 0.717) is 19.8 Å². The molecule has 1 unspecified atom stereocenters. The standard InChI is InChI=1S/C12H17NO2S/c1-10(8-14-2)15-9-12-11(4-3-6-13)5-7-16-12/h5,7,10H,6,8-9,13H2,1-2H3. The van der Waals surface area contributed by atoms with E-state index in [2.05, 4.69) is 11.8 Å². The zero-order chi connectivity index (χ0) is 11.8. The van der Waals surface area contributed by atoms with Crippen LogP contribution >= 0.6 is 11.3 Å². The van der Waals surface area contributed by atoms with Gasteiger partial charge in [-0.25, -0.2) is 0 Å². The number of hydrogen-bond acceptors (Lipinski definition) is 4. The molecule has 88 valence electrons. The lowest BCUT2D eigenvalue weighted by molar-refractivity contribution is 0.000867. The van der Waals surface area contributed by atoms with Crippen LogP contribution in [0.5, 0.6) is 0 Å². The highest BCUT2D eigenvalue weighted by atomic mass is 32.1. The van der Waals surface area contributed by atoms with Crippen LogP contribution in [0.2, 0.25) is 0 Å². The number of hydrogen-bond donors (Lipinski definition) is 1. The minimum absolute atomic E-state index is 0.0995. The highest BCUT2D eigenvalue weighted by Crippen LogP contribution is 2.17. The predicted octanol–water partition coefficient (Wildman–Crippen LogP) is 1.61. The van der Waals surface area contributed by atoms with Crippen molar-refractivity contribution in [3.05, 3.63) is 21.9 Å². The molecule has 0 saturated heterocycles. The summed E-state index contributed by atoms with van der Waals surface area (Å²) in [6.45, 7) is 3.56. The SMILES string of the molecule is COCC(C)OCc1sccc1C#CCN. The summed E-state index contributed by atoms with van der Waals surface area (Å²) in [6.07, 6.45) is 0.0995. The van der Waals surface area contributed by atoms with Crippen LogP contribution in [0.4, 0.5) is 0 Å². The lowest BCUT2D eigenvalue weighted by Gasteiger charge is -2.10. The second-order valence-corrected chi connectivity index (χ2v) is 4.34. The first-order chi connectivity index (χ1) is 7.77. The molecule has 3 nitrogen and oxygen atoms in total. The van der Waals surface area contributed by atoms with Gasteiger partial charge in [-0.1, -0.05) is 11.8 Å². The Balaban J connectivity index is 2.50. The Hall–Kier alpha value is -0.860. The van der Waals surface area contributed by atoms with Crippen LogP contribution < -0.4 is 5.73 Å². The maximum absolute atomic E-state index is 5.63. The first kappa shape index (κ1) is 13.2. The molecule has 1 rings (SSSR count). The van der Waals surface area contributed by atoms with Crippen LogP contribution in [0.3, 0.4) is 0 Å². The van der Waals surface area contributed by atoms with Crippen molar-refractivity contribution in [2.75, 3.05) is 20.3 Å². The molecule has 2 N–H and O–H groups in total. The van der Waals surface area contributed by atoms with Crippen molar-refractivity contribution in [3.8, 4) is 11.8 Å². The fourth-order valence-corrected chi connectivity index (χ4v) is 1.96. The molecule has 16 heavy (non-hydrogen) atoms. The Morgan fingerprint density at radius 1 is 1.56 bits per heavy atom.